The van der Waals surface area contributed by atoms with E-state index in [1.165, 1.54) is 0 Å². The Morgan fingerprint density at radius 2 is 1.93 bits per heavy atom. The third-order valence-electron chi connectivity index (χ3n) is 2.54. The molecule has 0 aliphatic carbocycles. The molecule has 0 fully saturated rings. The van der Waals surface area contributed by atoms with Crippen molar-refractivity contribution in [1.29, 1.82) is 0 Å². The van der Waals surface area contributed by atoms with E-state index in [2.05, 4.69) is 48.9 Å². The molecule has 0 aromatic carbocycles. The number of halogens is 1. The van der Waals surface area contributed by atoms with Crippen molar-refractivity contribution in [2.24, 2.45) is 11.8 Å². The summed E-state index contributed by atoms with van der Waals surface area (Å²) < 4.78 is 0. The van der Waals surface area contributed by atoms with Crippen molar-refractivity contribution in [3.05, 3.63) is 0 Å². The molecule has 0 heterocycles. The highest BCUT2D eigenvalue weighted by Gasteiger charge is 2.14. The maximum absolute atomic E-state index is 11.6. The Balaban J connectivity index is 3.90. The molecule has 1 N–H and O–H groups in total. The summed E-state index contributed by atoms with van der Waals surface area (Å²) in [6.45, 7) is 8.59. The summed E-state index contributed by atoms with van der Waals surface area (Å²) in [6, 6.07) is 0.279. The number of carbonyl (C=O) groups excluding carboxylic acids is 1. The van der Waals surface area contributed by atoms with Crippen LogP contribution in [0.2, 0.25) is 0 Å². The highest BCUT2D eigenvalue weighted by Crippen LogP contribution is 2.10. The van der Waals surface area contributed by atoms with Crippen molar-refractivity contribution in [2.75, 3.05) is 5.33 Å². The zero-order chi connectivity index (χ0) is 11.8. The lowest BCUT2D eigenvalue weighted by molar-refractivity contribution is -0.122. The summed E-state index contributed by atoms with van der Waals surface area (Å²) in [4.78, 5) is 11.6. The standard InChI is InChI=1S/C12H24BrNO/c1-5-10(4)7-12(15)14-11(8-13)6-9(2)3/h9-11H,5-8H2,1-4H3,(H,14,15). The smallest absolute Gasteiger partial charge is 0.220 e. The molecule has 0 aliphatic heterocycles. The predicted molar refractivity (Wildman–Crippen MR) is 69.3 cm³/mol. The van der Waals surface area contributed by atoms with Crippen LogP contribution in [0.4, 0.5) is 0 Å². The van der Waals surface area contributed by atoms with Crippen LogP contribution in [0.25, 0.3) is 0 Å². The van der Waals surface area contributed by atoms with Gasteiger partial charge in [-0.25, -0.2) is 0 Å². The van der Waals surface area contributed by atoms with Crippen LogP contribution < -0.4 is 5.32 Å². The highest BCUT2D eigenvalue weighted by atomic mass is 79.9. The Morgan fingerprint density at radius 1 is 1.33 bits per heavy atom. The first kappa shape index (κ1) is 14.9. The molecule has 0 aliphatic rings. The first-order chi connectivity index (χ1) is 6.99. The Kier molecular flexibility index (Phi) is 8.12. The van der Waals surface area contributed by atoms with Gasteiger partial charge < -0.3 is 5.32 Å². The van der Waals surface area contributed by atoms with E-state index in [1.54, 1.807) is 0 Å². The minimum atomic E-state index is 0.189. The highest BCUT2D eigenvalue weighted by molar-refractivity contribution is 9.09. The van der Waals surface area contributed by atoms with Gasteiger partial charge in [-0.05, 0) is 18.3 Å². The summed E-state index contributed by atoms with van der Waals surface area (Å²) >= 11 is 3.44. The molecule has 3 heteroatoms. The van der Waals surface area contributed by atoms with Crippen LogP contribution >= 0.6 is 15.9 Å². The molecule has 2 nitrogen and oxygen atoms in total. The van der Waals surface area contributed by atoms with Gasteiger partial charge in [0.1, 0.15) is 0 Å². The van der Waals surface area contributed by atoms with Crippen LogP contribution in [0.15, 0.2) is 0 Å². The summed E-state index contributed by atoms with van der Waals surface area (Å²) in [7, 11) is 0. The normalized spacial score (nSPS) is 15.1. The van der Waals surface area contributed by atoms with Crippen molar-refractivity contribution in [2.45, 2.75) is 53.0 Å². The number of hydrogen-bond acceptors (Lipinski definition) is 1. The first-order valence-electron chi connectivity index (χ1n) is 5.84. The summed E-state index contributed by atoms with van der Waals surface area (Å²) in [5, 5.41) is 3.92. The third-order valence-corrected chi connectivity index (χ3v) is 3.32. The zero-order valence-electron chi connectivity index (χ0n) is 10.3. The fraction of sp³-hybridized carbons (Fsp3) is 0.917. The van der Waals surface area contributed by atoms with Gasteiger partial charge in [0.2, 0.25) is 5.91 Å². The minimum Gasteiger partial charge on any atom is -0.353 e. The monoisotopic (exact) mass is 277 g/mol. The summed E-state index contributed by atoms with van der Waals surface area (Å²) in [6.07, 6.45) is 2.76. The van der Waals surface area contributed by atoms with Gasteiger partial charge in [0, 0.05) is 17.8 Å². The van der Waals surface area contributed by atoms with Gasteiger partial charge in [0.25, 0.3) is 0 Å². The van der Waals surface area contributed by atoms with E-state index in [9.17, 15) is 4.79 Å². The fourth-order valence-electron chi connectivity index (χ4n) is 1.48. The molecule has 0 aromatic rings. The number of nitrogens with one attached hydrogen (secondary N) is 1. The maximum atomic E-state index is 11.6. The summed E-state index contributed by atoms with van der Waals surface area (Å²) in [5.41, 5.74) is 0. The molecule has 1 amide bonds. The lowest BCUT2D eigenvalue weighted by Gasteiger charge is -2.19. The molecule has 90 valence electrons. The van der Waals surface area contributed by atoms with E-state index in [0.29, 0.717) is 18.3 Å². The molecule has 0 rings (SSSR count). The Bertz CT molecular complexity index is 182. The molecule has 0 aromatic heterocycles. The molecule has 15 heavy (non-hydrogen) atoms. The summed E-state index contributed by atoms with van der Waals surface area (Å²) in [5.74, 6) is 1.30. The van der Waals surface area contributed by atoms with Crippen LogP contribution in [0, 0.1) is 11.8 Å². The van der Waals surface area contributed by atoms with Crippen molar-refractivity contribution >= 4 is 21.8 Å². The average molecular weight is 278 g/mol. The van der Waals surface area contributed by atoms with E-state index < -0.39 is 0 Å². The lowest BCUT2D eigenvalue weighted by Crippen LogP contribution is -2.37. The second kappa shape index (κ2) is 8.14. The van der Waals surface area contributed by atoms with Crippen molar-refractivity contribution < 1.29 is 4.79 Å². The molecule has 0 radical (unpaired) electrons. The fourth-order valence-corrected chi connectivity index (χ4v) is 1.90. The van der Waals surface area contributed by atoms with Crippen molar-refractivity contribution in [1.82, 2.24) is 5.32 Å². The Labute approximate surface area is 102 Å². The second-order valence-electron chi connectivity index (χ2n) is 4.77. The number of alkyl halides is 1. The van der Waals surface area contributed by atoms with E-state index >= 15 is 0 Å². The Hall–Kier alpha value is -0.0500. The maximum Gasteiger partial charge on any atom is 0.220 e. The van der Waals surface area contributed by atoms with Crippen molar-refractivity contribution in [3.8, 4) is 0 Å². The van der Waals surface area contributed by atoms with Gasteiger partial charge in [-0.1, -0.05) is 50.0 Å². The molecular formula is C12H24BrNO. The SMILES string of the molecule is CCC(C)CC(=O)NC(CBr)CC(C)C. The minimum absolute atomic E-state index is 0.189. The van der Waals surface area contributed by atoms with Gasteiger partial charge in [0.15, 0.2) is 0 Å². The van der Waals surface area contributed by atoms with Gasteiger partial charge >= 0.3 is 0 Å². The molecule has 0 spiro atoms. The molecule has 2 atom stereocenters. The number of amides is 1. The van der Waals surface area contributed by atoms with Gasteiger partial charge in [-0.3, -0.25) is 4.79 Å². The van der Waals surface area contributed by atoms with Crippen LogP contribution in [0.1, 0.15) is 47.0 Å². The predicted octanol–water partition coefficient (Wildman–Crippen LogP) is 3.35. The lowest BCUT2D eigenvalue weighted by atomic mass is 10.0. The number of rotatable bonds is 7. The van der Waals surface area contributed by atoms with Crippen LogP contribution in [0.5, 0.6) is 0 Å². The van der Waals surface area contributed by atoms with Gasteiger partial charge in [0.05, 0.1) is 0 Å². The van der Waals surface area contributed by atoms with Crippen LogP contribution in [-0.4, -0.2) is 17.3 Å². The van der Waals surface area contributed by atoms with Gasteiger partial charge in [-0.15, -0.1) is 0 Å². The average Bonchev–Trinajstić information content (AvgIpc) is 2.15. The quantitative estimate of drug-likeness (QED) is 0.711. The van der Waals surface area contributed by atoms with Gasteiger partial charge in [-0.2, -0.15) is 0 Å². The molecule has 0 bridgehead atoms. The van der Waals surface area contributed by atoms with E-state index in [4.69, 9.17) is 0 Å². The third kappa shape index (κ3) is 7.83. The largest absolute Gasteiger partial charge is 0.353 e. The molecular weight excluding hydrogens is 254 g/mol. The molecule has 0 saturated carbocycles. The molecule has 0 saturated heterocycles. The number of carbonyl (C=O) groups is 1. The van der Waals surface area contributed by atoms with E-state index in [-0.39, 0.29) is 11.9 Å². The number of hydrogen-bond donors (Lipinski definition) is 1. The molecule has 2 unspecified atom stereocenters. The topological polar surface area (TPSA) is 29.1 Å². The van der Waals surface area contributed by atoms with E-state index in [1.807, 2.05) is 0 Å². The van der Waals surface area contributed by atoms with Crippen LogP contribution in [-0.2, 0) is 4.79 Å². The van der Waals surface area contributed by atoms with E-state index in [0.717, 1.165) is 18.2 Å². The van der Waals surface area contributed by atoms with Crippen LogP contribution in [0.3, 0.4) is 0 Å². The Morgan fingerprint density at radius 3 is 2.33 bits per heavy atom. The second-order valence-corrected chi connectivity index (χ2v) is 5.41. The van der Waals surface area contributed by atoms with Crippen molar-refractivity contribution in [3.63, 3.8) is 0 Å². The first-order valence-corrected chi connectivity index (χ1v) is 6.97. The zero-order valence-corrected chi connectivity index (χ0v) is 11.9.